The molecule has 14 heteroatoms. The number of sulfone groups is 1. The molecule has 212 valence electrons. The third-order valence-electron chi connectivity index (χ3n) is 6.70. The average Bonchev–Trinajstić information content (AvgIpc) is 3.51. The number of thiazole rings is 1. The Hall–Kier alpha value is -3.62. The number of nitrogens with one attached hydrogen (secondary N) is 1. The van der Waals surface area contributed by atoms with Crippen LogP contribution in [0.1, 0.15) is 40.7 Å². The first-order valence-electron chi connectivity index (χ1n) is 13.0. The number of piperidine rings is 1. The average molecular weight is 586 g/mol. The molecule has 0 aliphatic carbocycles. The van der Waals surface area contributed by atoms with Gasteiger partial charge in [-0.05, 0) is 50.3 Å². The van der Waals surface area contributed by atoms with Crippen LogP contribution in [0.25, 0.3) is 11.2 Å². The summed E-state index contributed by atoms with van der Waals surface area (Å²) in [5, 5.41) is 13.4. The van der Waals surface area contributed by atoms with Gasteiger partial charge in [0.05, 0.1) is 30.1 Å². The zero-order valence-corrected chi connectivity index (χ0v) is 24.1. The van der Waals surface area contributed by atoms with E-state index in [1.165, 1.54) is 17.6 Å². The fourth-order valence-corrected chi connectivity index (χ4v) is 6.18. The first kappa shape index (κ1) is 27.9. The number of imidazole rings is 1. The molecule has 12 nitrogen and oxygen atoms in total. The van der Waals surface area contributed by atoms with Gasteiger partial charge in [0, 0.05) is 26.0 Å². The van der Waals surface area contributed by atoms with Crippen molar-refractivity contribution >= 4 is 55.2 Å². The fraction of sp³-hybridized carbons (Fsp3) is 0.423. The highest BCUT2D eigenvalue weighted by Gasteiger charge is 2.25. The van der Waals surface area contributed by atoms with Crippen molar-refractivity contribution in [1.29, 1.82) is 0 Å². The third-order valence-corrected chi connectivity index (χ3v) is 8.88. The Labute approximate surface area is 236 Å². The molecule has 0 saturated carbocycles. The predicted molar refractivity (Wildman–Crippen MR) is 152 cm³/mol. The van der Waals surface area contributed by atoms with E-state index in [0.29, 0.717) is 51.7 Å². The highest BCUT2D eigenvalue weighted by molar-refractivity contribution is 7.90. The van der Waals surface area contributed by atoms with E-state index in [1.807, 2.05) is 4.57 Å². The molecule has 1 aliphatic rings. The standard InChI is InChI=1S/C26H31N7O5S2/c1-4-38-24(35)21-16(2)28-26(39-21)31-25-29-22(32-11-5-6-18(13-32)14-34)20-23(30-25)33(15-27-20)12-17-7-9-19(10-8-17)40(3,36)37/h7-10,15,18,34H,4-6,11-14H2,1-3H3,(H,28,29,30,31). The predicted octanol–water partition coefficient (Wildman–Crippen LogP) is 3.17. The number of ether oxygens (including phenoxy) is 1. The molecular weight excluding hydrogens is 554 g/mol. The molecule has 1 aliphatic heterocycles. The lowest BCUT2D eigenvalue weighted by Crippen LogP contribution is -2.37. The SMILES string of the molecule is CCOC(=O)c1sc(Nc2nc(N3CCCC(CO)C3)c3ncn(Cc4ccc(S(C)(=O)=O)cc4)c3n2)nc1C. The van der Waals surface area contributed by atoms with Crippen molar-refractivity contribution in [2.24, 2.45) is 5.92 Å². The van der Waals surface area contributed by atoms with Crippen molar-refractivity contribution in [1.82, 2.24) is 24.5 Å². The van der Waals surface area contributed by atoms with Gasteiger partial charge in [-0.15, -0.1) is 0 Å². The number of aryl methyl sites for hydroxylation is 1. The summed E-state index contributed by atoms with van der Waals surface area (Å²) in [6.07, 6.45) is 4.73. The number of hydrogen-bond acceptors (Lipinski definition) is 12. The van der Waals surface area contributed by atoms with E-state index in [0.717, 1.165) is 24.9 Å². The van der Waals surface area contributed by atoms with Gasteiger partial charge in [0.2, 0.25) is 5.95 Å². The summed E-state index contributed by atoms with van der Waals surface area (Å²) in [6, 6.07) is 6.72. The zero-order chi connectivity index (χ0) is 28.4. The third kappa shape index (κ3) is 5.93. The molecular formula is C26H31N7O5S2. The minimum Gasteiger partial charge on any atom is -0.462 e. The van der Waals surface area contributed by atoms with Gasteiger partial charge in [0.25, 0.3) is 0 Å². The number of carbonyl (C=O) groups is 1. The normalized spacial score (nSPS) is 15.9. The monoisotopic (exact) mass is 585 g/mol. The molecule has 1 unspecified atom stereocenters. The molecule has 0 radical (unpaired) electrons. The van der Waals surface area contributed by atoms with E-state index in [9.17, 15) is 18.3 Å². The van der Waals surface area contributed by atoms with Crippen LogP contribution in [-0.4, -0.2) is 76.6 Å². The molecule has 2 N–H and O–H groups in total. The maximum absolute atomic E-state index is 12.3. The van der Waals surface area contributed by atoms with E-state index < -0.39 is 15.8 Å². The van der Waals surface area contributed by atoms with Gasteiger partial charge >= 0.3 is 5.97 Å². The number of rotatable bonds is 9. The van der Waals surface area contributed by atoms with Gasteiger partial charge in [-0.1, -0.05) is 23.5 Å². The summed E-state index contributed by atoms with van der Waals surface area (Å²) in [5.74, 6) is 0.660. The van der Waals surface area contributed by atoms with Gasteiger partial charge in [0.1, 0.15) is 4.88 Å². The number of benzene rings is 1. The molecule has 1 atom stereocenters. The van der Waals surface area contributed by atoms with Crippen molar-refractivity contribution in [2.75, 3.05) is 42.8 Å². The molecule has 1 saturated heterocycles. The second-order valence-electron chi connectivity index (χ2n) is 9.75. The summed E-state index contributed by atoms with van der Waals surface area (Å²) in [6.45, 7) is 5.70. The van der Waals surface area contributed by atoms with E-state index in [1.54, 1.807) is 44.4 Å². The number of esters is 1. The number of aliphatic hydroxyl groups excluding tert-OH is 1. The molecule has 1 aromatic carbocycles. The maximum Gasteiger partial charge on any atom is 0.350 e. The van der Waals surface area contributed by atoms with Crippen LogP contribution in [0.5, 0.6) is 0 Å². The smallest absolute Gasteiger partial charge is 0.350 e. The lowest BCUT2D eigenvalue weighted by atomic mass is 9.99. The number of nitrogens with zero attached hydrogens (tertiary/aromatic N) is 6. The van der Waals surface area contributed by atoms with Gasteiger partial charge in [0.15, 0.2) is 32.0 Å². The van der Waals surface area contributed by atoms with Crippen molar-refractivity contribution < 1.29 is 23.1 Å². The Kier molecular flexibility index (Phi) is 8.01. The quantitative estimate of drug-likeness (QED) is 0.279. The Morgan fingerprint density at radius 1 is 1.23 bits per heavy atom. The maximum atomic E-state index is 12.3. The molecule has 0 spiro atoms. The molecule has 0 amide bonds. The van der Waals surface area contributed by atoms with Gasteiger partial charge in [-0.2, -0.15) is 9.97 Å². The number of aliphatic hydroxyl groups is 1. The summed E-state index contributed by atoms with van der Waals surface area (Å²) in [5.41, 5.74) is 2.65. The fourth-order valence-electron chi connectivity index (χ4n) is 4.70. The van der Waals surface area contributed by atoms with Crippen LogP contribution in [0.15, 0.2) is 35.5 Å². The van der Waals surface area contributed by atoms with E-state index in [2.05, 4.69) is 20.2 Å². The minimum absolute atomic E-state index is 0.1000. The van der Waals surface area contributed by atoms with Crippen LogP contribution >= 0.6 is 11.3 Å². The number of anilines is 3. The summed E-state index contributed by atoms with van der Waals surface area (Å²) in [4.78, 5) is 33.8. The lowest BCUT2D eigenvalue weighted by molar-refractivity contribution is 0.0531. The molecule has 0 bridgehead atoms. The van der Waals surface area contributed by atoms with E-state index in [-0.39, 0.29) is 24.0 Å². The number of aromatic nitrogens is 5. The summed E-state index contributed by atoms with van der Waals surface area (Å²) >= 11 is 1.17. The molecule has 1 fully saturated rings. The number of hydrogen-bond donors (Lipinski definition) is 2. The van der Waals surface area contributed by atoms with Crippen molar-refractivity contribution in [3.8, 4) is 0 Å². The van der Waals surface area contributed by atoms with Gasteiger partial charge < -0.3 is 19.3 Å². The Bertz CT molecular complexity index is 1630. The van der Waals surface area contributed by atoms with Crippen LogP contribution in [0.3, 0.4) is 0 Å². The molecule has 5 rings (SSSR count). The lowest BCUT2D eigenvalue weighted by Gasteiger charge is -2.32. The van der Waals surface area contributed by atoms with Crippen LogP contribution in [0.4, 0.5) is 16.9 Å². The Balaban J connectivity index is 1.52. The van der Waals surface area contributed by atoms with Crippen LogP contribution in [0, 0.1) is 12.8 Å². The van der Waals surface area contributed by atoms with Gasteiger partial charge in [-0.3, -0.25) is 5.32 Å². The van der Waals surface area contributed by atoms with E-state index >= 15 is 0 Å². The first-order chi connectivity index (χ1) is 19.2. The second kappa shape index (κ2) is 11.5. The second-order valence-corrected chi connectivity index (χ2v) is 12.8. The van der Waals surface area contributed by atoms with Crippen LogP contribution in [0.2, 0.25) is 0 Å². The summed E-state index contributed by atoms with van der Waals surface area (Å²) in [7, 11) is -3.29. The highest BCUT2D eigenvalue weighted by atomic mass is 32.2. The Morgan fingerprint density at radius 2 is 2.00 bits per heavy atom. The van der Waals surface area contributed by atoms with Crippen LogP contribution in [-0.2, 0) is 21.1 Å². The summed E-state index contributed by atoms with van der Waals surface area (Å²) < 4.78 is 30.7. The van der Waals surface area contributed by atoms with E-state index in [4.69, 9.17) is 14.7 Å². The molecule has 4 aromatic rings. The van der Waals surface area contributed by atoms with Gasteiger partial charge in [-0.25, -0.2) is 23.2 Å². The van der Waals surface area contributed by atoms with Crippen molar-refractivity contribution in [3.63, 3.8) is 0 Å². The first-order valence-corrected chi connectivity index (χ1v) is 15.7. The highest BCUT2D eigenvalue weighted by Crippen LogP contribution is 2.31. The topological polar surface area (TPSA) is 152 Å². The number of fused-ring (bicyclic) bond motifs is 1. The molecule has 4 heterocycles. The molecule has 40 heavy (non-hydrogen) atoms. The largest absolute Gasteiger partial charge is 0.462 e. The van der Waals surface area contributed by atoms with Crippen molar-refractivity contribution in [2.45, 2.75) is 38.1 Å². The minimum atomic E-state index is -3.29. The Morgan fingerprint density at radius 3 is 2.70 bits per heavy atom. The zero-order valence-electron chi connectivity index (χ0n) is 22.5. The molecule has 3 aromatic heterocycles. The van der Waals surface area contributed by atoms with Crippen LogP contribution < -0.4 is 10.2 Å². The van der Waals surface area contributed by atoms with Crippen molar-refractivity contribution in [3.05, 3.63) is 46.7 Å². The number of carbonyl (C=O) groups excluding carboxylic acids is 1.